The molecule has 1 saturated heterocycles. The standard InChI is InChI=1S/C19H23ClN4O4S/c1-3-28-15-8-6-13(7-9-15)24-29(26,27)18-11-17(22-23-18)19(25)21-14-5-4-12(2)16(20)10-14/h4-10,17-18,22-24H,3,11H2,1-2H3,(H,21,25). The molecule has 29 heavy (non-hydrogen) atoms. The van der Waals surface area contributed by atoms with Crippen molar-refractivity contribution in [2.45, 2.75) is 31.7 Å². The molecule has 4 N–H and O–H groups in total. The number of amides is 1. The Morgan fingerprint density at radius 3 is 2.52 bits per heavy atom. The minimum atomic E-state index is -3.76. The van der Waals surface area contributed by atoms with Crippen LogP contribution in [0.3, 0.4) is 0 Å². The third kappa shape index (κ3) is 5.39. The van der Waals surface area contributed by atoms with Gasteiger partial charge in [0, 0.05) is 22.8 Å². The molecule has 2 aromatic carbocycles. The van der Waals surface area contributed by atoms with Crippen LogP contribution in [0.5, 0.6) is 5.75 Å². The van der Waals surface area contributed by atoms with E-state index in [9.17, 15) is 13.2 Å². The lowest BCUT2D eigenvalue weighted by atomic mass is 10.2. The fourth-order valence-electron chi connectivity index (χ4n) is 2.82. The van der Waals surface area contributed by atoms with Crippen LogP contribution in [-0.4, -0.2) is 32.3 Å². The number of halogens is 1. The van der Waals surface area contributed by atoms with Crippen molar-refractivity contribution in [2.75, 3.05) is 16.6 Å². The topological polar surface area (TPSA) is 109 Å². The molecule has 1 aliphatic heterocycles. The lowest BCUT2D eigenvalue weighted by molar-refractivity contribution is -0.117. The molecule has 2 unspecified atom stereocenters. The molecular weight excluding hydrogens is 416 g/mol. The molecule has 0 saturated carbocycles. The lowest BCUT2D eigenvalue weighted by Gasteiger charge is -2.14. The van der Waals surface area contributed by atoms with Crippen molar-refractivity contribution < 1.29 is 17.9 Å². The molecular formula is C19H23ClN4O4S. The van der Waals surface area contributed by atoms with E-state index < -0.39 is 21.4 Å². The number of benzene rings is 2. The van der Waals surface area contributed by atoms with Gasteiger partial charge in [0.2, 0.25) is 15.9 Å². The van der Waals surface area contributed by atoms with Gasteiger partial charge in [-0.1, -0.05) is 17.7 Å². The Kier molecular flexibility index (Phi) is 6.63. The Balaban J connectivity index is 1.59. The second-order valence-corrected chi connectivity index (χ2v) is 8.89. The highest BCUT2D eigenvalue weighted by atomic mass is 35.5. The normalized spacial score (nSPS) is 19.0. The number of hydrogen-bond acceptors (Lipinski definition) is 6. The Morgan fingerprint density at radius 1 is 1.17 bits per heavy atom. The molecule has 3 rings (SSSR count). The highest BCUT2D eigenvalue weighted by Crippen LogP contribution is 2.22. The maximum atomic E-state index is 12.6. The van der Waals surface area contributed by atoms with Crippen LogP contribution in [0.15, 0.2) is 42.5 Å². The van der Waals surface area contributed by atoms with E-state index in [1.165, 1.54) is 0 Å². The van der Waals surface area contributed by atoms with E-state index in [1.807, 2.05) is 13.8 Å². The fraction of sp³-hybridized carbons (Fsp3) is 0.316. The predicted molar refractivity (Wildman–Crippen MR) is 113 cm³/mol. The molecule has 0 aromatic heterocycles. The second kappa shape index (κ2) is 9.00. The van der Waals surface area contributed by atoms with Crippen molar-refractivity contribution in [1.29, 1.82) is 0 Å². The van der Waals surface area contributed by atoms with Gasteiger partial charge < -0.3 is 10.1 Å². The summed E-state index contributed by atoms with van der Waals surface area (Å²) >= 11 is 6.07. The van der Waals surface area contributed by atoms with Crippen molar-refractivity contribution in [3.63, 3.8) is 0 Å². The number of carbonyl (C=O) groups excluding carboxylic acids is 1. The summed E-state index contributed by atoms with van der Waals surface area (Å²) in [6, 6.07) is 11.1. The molecule has 0 spiro atoms. The average molecular weight is 439 g/mol. The number of carbonyl (C=O) groups is 1. The summed E-state index contributed by atoms with van der Waals surface area (Å²) in [6.07, 6.45) is 0.0673. The Bertz CT molecular complexity index is 982. The third-order valence-corrected chi connectivity index (χ3v) is 6.41. The summed E-state index contributed by atoms with van der Waals surface area (Å²) in [5, 5.41) is 2.31. The molecule has 2 atom stereocenters. The summed E-state index contributed by atoms with van der Waals surface area (Å²) < 4.78 is 33.1. The molecule has 0 radical (unpaired) electrons. The molecule has 1 fully saturated rings. The minimum absolute atomic E-state index is 0.0673. The molecule has 2 aromatic rings. The van der Waals surface area contributed by atoms with Crippen molar-refractivity contribution in [2.24, 2.45) is 0 Å². The molecule has 1 aliphatic rings. The maximum absolute atomic E-state index is 12.6. The van der Waals surface area contributed by atoms with Gasteiger partial charge in [-0.3, -0.25) is 9.52 Å². The van der Waals surface area contributed by atoms with Crippen LogP contribution in [0.4, 0.5) is 11.4 Å². The van der Waals surface area contributed by atoms with Gasteiger partial charge in [-0.2, -0.15) is 0 Å². The summed E-state index contributed by atoms with van der Waals surface area (Å²) in [5.74, 6) is 0.306. The van der Waals surface area contributed by atoms with Gasteiger partial charge in [0.05, 0.1) is 6.61 Å². The SMILES string of the molecule is CCOc1ccc(NS(=O)(=O)C2CC(C(=O)Nc3ccc(C)c(Cl)c3)NN2)cc1. The van der Waals surface area contributed by atoms with Crippen LogP contribution in [0, 0.1) is 6.92 Å². The number of sulfonamides is 1. The van der Waals surface area contributed by atoms with Crippen LogP contribution in [-0.2, 0) is 14.8 Å². The number of rotatable bonds is 7. The number of ether oxygens (including phenoxy) is 1. The number of nitrogens with one attached hydrogen (secondary N) is 4. The van der Waals surface area contributed by atoms with E-state index in [1.54, 1.807) is 42.5 Å². The highest BCUT2D eigenvalue weighted by Gasteiger charge is 2.37. The van der Waals surface area contributed by atoms with Crippen LogP contribution in [0.1, 0.15) is 18.9 Å². The Morgan fingerprint density at radius 2 is 1.86 bits per heavy atom. The summed E-state index contributed by atoms with van der Waals surface area (Å²) in [5.41, 5.74) is 7.27. The number of hydrazine groups is 1. The molecule has 10 heteroatoms. The monoisotopic (exact) mass is 438 g/mol. The molecule has 1 amide bonds. The number of anilines is 2. The van der Waals surface area contributed by atoms with Gasteiger partial charge in [-0.25, -0.2) is 19.3 Å². The highest BCUT2D eigenvalue weighted by molar-refractivity contribution is 7.93. The zero-order valence-corrected chi connectivity index (χ0v) is 17.6. The van der Waals surface area contributed by atoms with E-state index in [0.717, 1.165) is 5.56 Å². The van der Waals surface area contributed by atoms with E-state index in [4.69, 9.17) is 16.3 Å². The van der Waals surface area contributed by atoms with Crippen LogP contribution < -0.4 is 25.6 Å². The largest absolute Gasteiger partial charge is 0.494 e. The second-order valence-electron chi connectivity index (χ2n) is 6.62. The molecule has 1 heterocycles. The van der Waals surface area contributed by atoms with Gasteiger partial charge in [-0.05, 0) is 55.8 Å². The van der Waals surface area contributed by atoms with Crippen molar-refractivity contribution in [1.82, 2.24) is 10.9 Å². The number of aryl methyl sites for hydroxylation is 1. The van der Waals surface area contributed by atoms with Gasteiger partial charge in [-0.15, -0.1) is 0 Å². The van der Waals surface area contributed by atoms with E-state index in [0.29, 0.717) is 28.8 Å². The molecule has 8 nitrogen and oxygen atoms in total. The lowest BCUT2D eigenvalue weighted by Crippen LogP contribution is -2.42. The van der Waals surface area contributed by atoms with Gasteiger partial charge in [0.25, 0.3) is 0 Å². The zero-order valence-electron chi connectivity index (χ0n) is 16.0. The number of hydrogen-bond donors (Lipinski definition) is 4. The van der Waals surface area contributed by atoms with E-state index >= 15 is 0 Å². The predicted octanol–water partition coefficient (Wildman–Crippen LogP) is 2.62. The van der Waals surface area contributed by atoms with Gasteiger partial charge in [0.1, 0.15) is 17.2 Å². The van der Waals surface area contributed by atoms with Crippen LogP contribution in [0.2, 0.25) is 5.02 Å². The van der Waals surface area contributed by atoms with Crippen molar-refractivity contribution >= 4 is 38.9 Å². The first-order chi connectivity index (χ1) is 13.8. The fourth-order valence-corrected chi connectivity index (χ4v) is 4.28. The van der Waals surface area contributed by atoms with E-state index in [-0.39, 0.29) is 12.3 Å². The van der Waals surface area contributed by atoms with Crippen molar-refractivity contribution in [3.05, 3.63) is 53.1 Å². The zero-order chi connectivity index (χ0) is 21.0. The Hall–Kier alpha value is -2.33. The van der Waals surface area contributed by atoms with Crippen LogP contribution in [0.25, 0.3) is 0 Å². The maximum Gasteiger partial charge on any atom is 0.250 e. The summed E-state index contributed by atoms with van der Waals surface area (Å²) in [7, 11) is -3.76. The minimum Gasteiger partial charge on any atom is -0.494 e. The smallest absolute Gasteiger partial charge is 0.250 e. The first-order valence-corrected chi connectivity index (χ1v) is 11.0. The Labute approximate surface area is 175 Å². The molecule has 156 valence electrons. The van der Waals surface area contributed by atoms with Gasteiger partial charge in [0.15, 0.2) is 0 Å². The first-order valence-electron chi connectivity index (χ1n) is 9.11. The molecule has 0 aliphatic carbocycles. The molecule has 0 bridgehead atoms. The van der Waals surface area contributed by atoms with Crippen LogP contribution >= 0.6 is 11.6 Å². The first kappa shape index (κ1) is 21.4. The van der Waals surface area contributed by atoms with E-state index in [2.05, 4.69) is 20.9 Å². The average Bonchev–Trinajstić information content (AvgIpc) is 3.18. The summed E-state index contributed by atoms with van der Waals surface area (Å²) in [4.78, 5) is 12.5. The van der Waals surface area contributed by atoms with Gasteiger partial charge >= 0.3 is 0 Å². The summed E-state index contributed by atoms with van der Waals surface area (Å²) in [6.45, 7) is 4.26. The quantitative estimate of drug-likeness (QED) is 0.529. The third-order valence-electron chi connectivity index (χ3n) is 4.42. The van der Waals surface area contributed by atoms with Crippen molar-refractivity contribution in [3.8, 4) is 5.75 Å².